The summed E-state index contributed by atoms with van der Waals surface area (Å²) in [5.74, 6) is 0.186. The zero-order chi connectivity index (χ0) is 25.4. The van der Waals surface area contributed by atoms with Crippen molar-refractivity contribution in [1.29, 1.82) is 0 Å². The molecule has 4 heterocycles. The van der Waals surface area contributed by atoms with Gasteiger partial charge in [-0.25, -0.2) is 9.78 Å². The fourth-order valence-corrected chi connectivity index (χ4v) is 5.31. The lowest BCUT2D eigenvalue weighted by Gasteiger charge is -2.36. The Morgan fingerprint density at radius 2 is 1.86 bits per heavy atom. The van der Waals surface area contributed by atoms with E-state index < -0.39 is 0 Å². The number of aryl methyl sites for hydroxylation is 1. The summed E-state index contributed by atoms with van der Waals surface area (Å²) in [5.41, 5.74) is 11.6. The maximum Gasteiger partial charge on any atom is 0.330 e. The number of allylic oxidation sites excluding steroid dienone is 3. The maximum atomic E-state index is 12.8. The van der Waals surface area contributed by atoms with E-state index >= 15 is 0 Å². The quantitative estimate of drug-likeness (QED) is 0.499. The Balaban J connectivity index is 1.32. The van der Waals surface area contributed by atoms with Gasteiger partial charge in [0.1, 0.15) is 0 Å². The number of nitrogens with zero attached hydrogens (tertiary/aromatic N) is 5. The highest BCUT2D eigenvalue weighted by Crippen LogP contribution is 2.23. The monoisotopic (exact) mass is 501 g/mol. The molecule has 36 heavy (non-hydrogen) atoms. The Kier molecular flexibility index (Phi) is 6.35. The minimum atomic E-state index is -0.0524. The van der Waals surface area contributed by atoms with E-state index in [-0.39, 0.29) is 17.0 Å². The van der Waals surface area contributed by atoms with Crippen LogP contribution >= 0.6 is 11.3 Å². The maximum absolute atomic E-state index is 12.8. The Bertz CT molecular complexity index is 1500. The van der Waals surface area contributed by atoms with Crippen molar-refractivity contribution in [3.05, 3.63) is 80.0 Å². The molecule has 0 saturated carbocycles. The van der Waals surface area contributed by atoms with Gasteiger partial charge in [0.15, 0.2) is 5.65 Å². The number of rotatable bonds is 5. The minimum Gasteiger partial charge on any atom is -0.361 e. The van der Waals surface area contributed by atoms with E-state index in [0.717, 1.165) is 41.1 Å². The normalized spacial score (nSPS) is 16.0. The van der Waals surface area contributed by atoms with Crippen LogP contribution in [-0.4, -0.2) is 56.0 Å². The van der Waals surface area contributed by atoms with Crippen LogP contribution in [0.25, 0.3) is 16.7 Å². The zero-order valence-electron chi connectivity index (χ0n) is 21.2. The van der Waals surface area contributed by atoms with Crippen LogP contribution in [0.1, 0.15) is 32.0 Å². The Morgan fingerprint density at radius 3 is 2.50 bits per heavy atom. The first-order valence-electron chi connectivity index (χ1n) is 12.2. The molecule has 1 amide bonds. The fourth-order valence-electron chi connectivity index (χ4n) is 4.64. The van der Waals surface area contributed by atoms with Gasteiger partial charge in [-0.15, -0.1) is 0 Å². The Hall–Kier alpha value is -3.57. The predicted octanol–water partition coefficient (Wildman–Crippen LogP) is 3.82. The number of pyridine rings is 1. The van der Waals surface area contributed by atoms with Gasteiger partial charge in [0.25, 0.3) is 0 Å². The highest BCUT2D eigenvalue weighted by Gasteiger charge is 2.23. The highest BCUT2D eigenvalue weighted by molar-refractivity contribution is 7.08. The van der Waals surface area contributed by atoms with E-state index in [1.165, 1.54) is 0 Å². The van der Waals surface area contributed by atoms with Crippen molar-refractivity contribution >= 4 is 34.0 Å². The number of carbonyl (C=O) groups is 1. The second-order valence-corrected chi connectivity index (χ2v) is 11.4. The number of fused-ring (bicyclic) bond motifs is 1. The molecular formula is C28H31N5O2S. The van der Waals surface area contributed by atoms with Gasteiger partial charge in [0, 0.05) is 39.8 Å². The van der Waals surface area contributed by atoms with E-state index in [1.54, 1.807) is 27.5 Å². The Labute approximate surface area is 215 Å². The molecule has 1 fully saturated rings. The lowest BCUT2D eigenvalue weighted by atomic mass is 9.97. The standard InChI is InChI=1S/C28H31N5O2S/c1-28(2,3)19-33-24-10-9-23(29-26(24)30(4)27(33)35)21-5-7-22(8-6-21)31-12-14-32(15-13-31)25(34)17-20-11-16-36-18-20/h5,7,9-11,16,18H,12-15,17,19H2,1-4H3. The number of thiophene rings is 1. The second kappa shape index (κ2) is 9.47. The lowest BCUT2D eigenvalue weighted by molar-refractivity contribution is -0.131. The van der Waals surface area contributed by atoms with Gasteiger partial charge in [0.2, 0.25) is 5.91 Å². The molecule has 0 radical (unpaired) electrons. The second-order valence-electron chi connectivity index (χ2n) is 10.6. The van der Waals surface area contributed by atoms with Crippen LogP contribution in [-0.2, 0) is 24.8 Å². The van der Waals surface area contributed by atoms with Crippen molar-refractivity contribution in [2.75, 3.05) is 26.2 Å². The number of hydrogen-bond donors (Lipinski definition) is 0. The summed E-state index contributed by atoms with van der Waals surface area (Å²) < 4.78 is 3.41. The van der Waals surface area contributed by atoms with Crippen molar-refractivity contribution in [2.24, 2.45) is 12.5 Å². The minimum absolute atomic E-state index is 0.0157. The molecule has 0 bridgehead atoms. The van der Waals surface area contributed by atoms with Crippen LogP contribution < -0.4 is 5.69 Å². The number of imidazole rings is 1. The van der Waals surface area contributed by atoms with E-state index in [2.05, 4.69) is 37.1 Å². The van der Waals surface area contributed by atoms with Crippen LogP contribution in [0.4, 0.5) is 0 Å². The van der Waals surface area contributed by atoms with Crippen molar-refractivity contribution in [3.8, 4) is 0 Å². The molecule has 7 nitrogen and oxygen atoms in total. The van der Waals surface area contributed by atoms with E-state index in [4.69, 9.17) is 4.98 Å². The average Bonchev–Trinajstić information content (AvgIpc) is 3.46. The summed E-state index contributed by atoms with van der Waals surface area (Å²) in [6, 6.07) is 5.93. The zero-order valence-corrected chi connectivity index (χ0v) is 22.1. The predicted molar refractivity (Wildman–Crippen MR) is 144 cm³/mol. The van der Waals surface area contributed by atoms with Crippen LogP contribution in [0.3, 0.4) is 0 Å². The molecule has 5 rings (SSSR count). The van der Waals surface area contributed by atoms with E-state index in [9.17, 15) is 9.59 Å². The summed E-state index contributed by atoms with van der Waals surface area (Å²) in [6.45, 7) is 9.94. The lowest BCUT2D eigenvalue weighted by Crippen LogP contribution is -2.48. The van der Waals surface area contributed by atoms with Gasteiger partial charge in [0.05, 0.1) is 28.9 Å². The summed E-state index contributed by atoms with van der Waals surface area (Å²) >= 11 is 1.62. The molecule has 0 unspecified atom stereocenters. The molecule has 1 saturated heterocycles. The molecule has 0 N–H and O–H groups in total. The third kappa shape index (κ3) is 4.89. The molecule has 2 aliphatic rings. The number of carbonyl (C=O) groups excluding carboxylic acids is 1. The van der Waals surface area contributed by atoms with Crippen molar-refractivity contribution in [2.45, 2.75) is 33.7 Å². The summed E-state index contributed by atoms with van der Waals surface area (Å²) in [6.07, 6.45) is 4.50. The van der Waals surface area contributed by atoms with Gasteiger partial charge in [-0.2, -0.15) is 11.3 Å². The van der Waals surface area contributed by atoms with Gasteiger partial charge in [-0.1, -0.05) is 26.5 Å². The molecular weight excluding hydrogens is 470 g/mol. The third-order valence-electron chi connectivity index (χ3n) is 6.53. The molecule has 186 valence electrons. The molecule has 0 spiro atoms. The number of amides is 1. The fraction of sp³-hybridized carbons (Fsp3) is 0.393. The topological polar surface area (TPSA) is 63.4 Å². The summed E-state index contributed by atoms with van der Waals surface area (Å²) in [4.78, 5) is 34.4. The van der Waals surface area contributed by atoms with Gasteiger partial charge < -0.3 is 9.80 Å². The molecule has 1 aliphatic heterocycles. The SMILES string of the molecule is Cn1c(=O)n(CC(C)(C)C)c2ccc(C3=C=C=C(N4CCN(C(=O)Cc5ccsc5)CC4)C=C3)nc21. The van der Waals surface area contributed by atoms with Crippen LogP contribution in [0, 0.1) is 5.41 Å². The first kappa shape index (κ1) is 24.1. The summed E-state index contributed by atoms with van der Waals surface area (Å²) in [7, 11) is 1.77. The summed E-state index contributed by atoms with van der Waals surface area (Å²) in [5, 5.41) is 4.04. The van der Waals surface area contributed by atoms with Gasteiger partial charge in [-0.05, 0) is 57.8 Å². The smallest absolute Gasteiger partial charge is 0.330 e. The van der Waals surface area contributed by atoms with Crippen LogP contribution in [0.2, 0.25) is 0 Å². The molecule has 0 aromatic carbocycles. The van der Waals surface area contributed by atoms with E-state index in [1.807, 2.05) is 46.0 Å². The first-order chi connectivity index (χ1) is 17.2. The average molecular weight is 502 g/mol. The molecule has 8 heteroatoms. The van der Waals surface area contributed by atoms with Crippen molar-refractivity contribution in [3.63, 3.8) is 0 Å². The largest absolute Gasteiger partial charge is 0.361 e. The third-order valence-corrected chi connectivity index (χ3v) is 7.26. The number of piperazine rings is 1. The highest BCUT2D eigenvalue weighted by atomic mass is 32.1. The number of aromatic nitrogens is 3. The van der Waals surface area contributed by atoms with Gasteiger partial charge >= 0.3 is 5.69 Å². The van der Waals surface area contributed by atoms with Crippen LogP contribution in [0.15, 0.2) is 63.1 Å². The molecule has 1 aliphatic carbocycles. The Morgan fingerprint density at radius 1 is 1.08 bits per heavy atom. The molecule has 0 atom stereocenters. The molecule has 3 aromatic rings. The molecule has 3 aromatic heterocycles. The van der Waals surface area contributed by atoms with Gasteiger partial charge in [-0.3, -0.25) is 13.9 Å². The van der Waals surface area contributed by atoms with Crippen LogP contribution in [0.5, 0.6) is 0 Å². The van der Waals surface area contributed by atoms with Crippen molar-refractivity contribution < 1.29 is 4.79 Å². The van der Waals surface area contributed by atoms with Crippen molar-refractivity contribution in [1.82, 2.24) is 23.9 Å². The first-order valence-corrected chi connectivity index (χ1v) is 13.2. The van der Waals surface area contributed by atoms with E-state index in [0.29, 0.717) is 31.7 Å². The number of hydrogen-bond acceptors (Lipinski definition) is 5.